The lowest BCUT2D eigenvalue weighted by Gasteiger charge is -2.07. The number of aryl methyl sites for hydroxylation is 4. The molecule has 0 saturated carbocycles. The molecule has 100 valence electrons. The number of nitrogens with one attached hydrogen (secondary N) is 2. The van der Waals surface area contributed by atoms with E-state index in [-0.39, 0.29) is 0 Å². The SMILES string of the molecule is Cc1n[nH]c(C)c1NCc1c(C)nc2scc(C)n12. The number of rotatable bonds is 3. The fraction of sp³-hybridized carbons (Fsp3) is 0.385. The maximum Gasteiger partial charge on any atom is 0.194 e. The van der Waals surface area contributed by atoms with Crippen molar-refractivity contribution in [2.75, 3.05) is 5.32 Å². The van der Waals surface area contributed by atoms with Gasteiger partial charge in [-0.25, -0.2) is 4.98 Å². The van der Waals surface area contributed by atoms with Crippen LogP contribution < -0.4 is 5.32 Å². The molecule has 2 N–H and O–H groups in total. The van der Waals surface area contributed by atoms with Gasteiger partial charge in [0.15, 0.2) is 4.96 Å². The molecule has 5 nitrogen and oxygen atoms in total. The number of thiazole rings is 1. The van der Waals surface area contributed by atoms with Gasteiger partial charge in [-0.05, 0) is 27.7 Å². The summed E-state index contributed by atoms with van der Waals surface area (Å²) in [6, 6.07) is 0. The van der Waals surface area contributed by atoms with E-state index < -0.39 is 0 Å². The summed E-state index contributed by atoms with van der Waals surface area (Å²) in [6.07, 6.45) is 0. The normalized spacial score (nSPS) is 11.4. The van der Waals surface area contributed by atoms with Gasteiger partial charge in [-0.1, -0.05) is 0 Å². The van der Waals surface area contributed by atoms with Gasteiger partial charge in [0.2, 0.25) is 0 Å². The molecule has 0 unspecified atom stereocenters. The highest BCUT2D eigenvalue weighted by Gasteiger charge is 2.13. The van der Waals surface area contributed by atoms with Gasteiger partial charge in [-0.15, -0.1) is 11.3 Å². The van der Waals surface area contributed by atoms with Crippen molar-refractivity contribution in [2.24, 2.45) is 0 Å². The van der Waals surface area contributed by atoms with Crippen molar-refractivity contribution in [1.29, 1.82) is 0 Å². The van der Waals surface area contributed by atoms with E-state index in [0.29, 0.717) is 0 Å². The Bertz CT molecular complexity index is 714. The fourth-order valence-corrected chi connectivity index (χ4v) is 3.29. The van der Waals surface area contributed by atoms with Crippen LogP contribution in [-0.4, -0.2) is 19.6 Å². The first-order valence-electron chi connectivity index (χ1n) is 6.25. The lowest BCUT2D eigenvalue weighted by atomic mass is 10.3. The van der Waals surface area contributed by atoms with Crippen molar-refractivity contribution in [3.63, 3.8) is 0 Å². The molecule has 0 aromatic carbocycles. The Kier molecular flexibility index (Phi) is 2.82. The first kappa shape index (κ1) is 12.2. The first-order valence-corrected chi connectivity index (χ1v) is 7.13. The number of H-pyrrole nitrogens is 1. The molecule has 0 radical (unpaired) electrons. The Labute approximate surface area is 115 Å². The minimum atomic E-state index is 0.756. The molecular weight excluding hydrogens is 258 g/mol. The number of nitrogens with zero attached hydrogens (tertiary/aromatic N) is 3. The fourth-order valence-electron chi connectivity index (χ4n) is 2.36. The third-order valence-electron chi connectivity index (χ3n) is 3.39. The zero-order valence-corrected chi connectivity index (χ0v) is 12.4. The minimum absolute atomic E-state index is 0.756. The highest BCUT2D eigenvalue weighted by atomic mass is 32.1. The molecule has 3 aromatic heterocycles. The van der Waals surface area contributed by atoms with Crippen LogP contribution in [0.2, 0.25) is 0 Å². The summed E-state index contributed by atoms with van der Waals surface area (Å²) in [7, 11) is 0. The summed E-state index contributed by atoms with van der Waals surface area (Å²) < 4.78 is 2.22. The molecule has 0 spiro atoms. The number of imidazole rings is 1. The maximum absolute atomic E-state index is 4.60. The van der Waals surface area contributed by atoms with Crippen molar-refractivity contribution in [3.05, 3.63) is 33.8 Å². The third kappa shape index (κ3) is 1.92. The Morgan fingerprint density at radius 2 is 2.05 bits per heavy atom. The lowest BCUT2D eigenvalue weighted by Crippen LogP contribution is -2.05. The molecule has 3 heterocycles. The average molecular weight is 275 g/mol. The van der Waals surface area contributed by atoms with Crippen molar-refractivity contribution in [3.8, 4) is 0 Å². The highest BCUT2D eigenvalue weighted by molar-refractivity contribution is 7.15. The zero-order chi connectivity index (χ0) is 13.6. The summed E-state index contributed by atoms with van der Waals surface area (Å²) in [4.78, 5) is 5.66. The number of aromatic amines is 1. The lowest BCUT2D eigenvalue weighted by molar-refractivity contribution is 0.963. The van der Waals surface area contributed by atoms with Gasteiger partial charge in [-0.3, -0.25) is 9.50 Å². The van der Waals surface area contributed by atoms with Gasteiger partial charge < -0.3 is 5.32 Å². The number of anilines is 1. The topological polar surface area (TPSA) is 58.0 Å². The van der Waals surface area contributed by atoms with Crippen LogP contribution in [0.5, 0.6) is 0 Å². The van der Waals surface area contributed by atoms with E-state index in [0.717, 1.165) is 34.3 Å². The van der Waals surface area contributed by atoms with E-state index in [1.54, 1.807) is 11.3 Å². The Morgan fingerprint density at radius 3 is 2.74 bits per heavy atom. The molecular formula is C13H17N5S. The Balaban J connectivity index is 1.93. The molecule has 0 saturated heterocycles. The molecule has 3 aromatic rings. The smallest absolute Gasteiger partial charge is 0.194 e. The van der Waals surface area contributed by atoms with Crippen LogP contribution in [0, 0.1) is 27.7 Å². The van der Waals surface area contributed by atoms with Crippen molar-refractivity contribution >= 4 is 22.0 Å². The van der Waals surface area contributed by atoms with Crippen LogP contribution >= 0.6 is 11.3 Å². The quantitative estimate of drug-likeness (QED) is 0.772. The number of fused-ring (bicyclic) bond motifs is 1. The zero-order valence-electron chi connectivity index (χ0n) is 11.5. The Morgan fingerprint density at radius 1 is 1.26 bits per heavy atom. The van der Waals surface area contributed by atoms with Gasteiger partial charge in [0, 0.05) is 11.1 Å². The second kappa shape index (κ2) is 4.38. The van der Waals surface area contributed by atoms with Crippen molar-refractivity contribution in [2.45, 2.75) is 34.2 Å². The van der Waals surface area contributed by atoms with E-state index >= 15 is 0 Å². The standard InChI is InChI=1S/C13H17N5S/c1-7-6-19-13-15-8(2)11(18(7)13)5-14-12-9(3)16-17-10(12)4/h6,14H,5H2,1-4H3,(H,16,17). The van der Waals surface area contributed by atoms with E-state index in [2.05, 4.69) is 44.1 Å². The van der Waals surface area contributed by atoms with Crippen molar-refractivity contribution in [1.82, 2.24) is 19.6 Å². The minimum Gasteiger partial charge on any atom is -0.376 e. The van der Waals surface area contributed by atoms with E-state index in [1.165, 1.54) is 11.4 Å². The molecule has 6 heteroatoms. The van der Waals surface area contributed by atoms with E-state index in [4.69, 9.17) is 0 Å². The number of hydrogen-bond acceptors (Lipinski definition) is 4. The summed E-state index contributed by atoms with van der Waals surface area (Å²) in [6.45, 7) is 8.96. The number of hydrogen-bond donors (Lipinski definition) is 2. The largest absolute Gasteiger partial charge is 0.376 e. The predicted molar refractivity (Wildman–Crippen MR) is 77.9 cm³/mol. The summed E-state index contributed by atoms with van der Waals surface area (Å²) in [5, 5.41) is 12.8. The summed E-state index contributed by atoms with van der Waals surface area (Å²) in [5.41, 5.74) is 6.69. The molecule has 0 aliphatic carbocycles. The van der Waals surface area contributed by atoms with Crippen LogP contribution in [0.15, 0.2) is 5.38 Å². The molecule has 0 aliphatic rings. The van der Waals surface area contributed by atoms with Crippen LogP contribution in [0.3, 0.4) is 0 Å². The molecule has 0 bridgehead atoms. The third-order valence-corrected chi connectivity index (χ3v) is 4.33. The monoisotopic (exact) mass is 275 g/mol. The first-order chi connectivity index (χ1) is 9.08. The molecule has 0 amide bonds. The molecule has 0 aliphatic heterocycles. The molecule has 3 rings (SSSR count). The van der Waals surface area contributed by atoms with Gasteiger partial charge in [-0.2, -0.15) is 5.10 Å². The van der Waals surface area contributed by atoms with Gasteiger partial charge in [0.25, 0.3) is 0 Å². The second-order valence-corrected chi connectivity index (χ2v) is 5.64. The summed E-state index contributed by atoms with van der Waals surface area (Å²) in [5.74, 6) is 0. The predicted octanol–water partition coefficient (Wildman–Crippen LogP) is 2.96. The maximum atomic E-state index is 4.60. The van der Waals surface area contributed by atoms with E-state index in [1.807, 2.05) is 13.8 Å². The van der Waals surface area contributed by atoms with Crippen LogP contribution in [0.4, 0.5) is 5.69 Å². The van der Waals surface area contributed by atoms with Gasteiger partial charge in [0.05, 0.1) is 35.0 Å². The Hall–Kier alpha value is -1.82. The van der Waals surface area contributed by atoms with Gasteiger partial charge in [0.1, 0.15) is 0 Å². The van der Waals surface area contributed by atoms with Crippen LogP contribution in [-0.2, 0) is 6.54 Å². The van der Waals surface area contributed by atoms with Crippen LogP contribution in [0.25, 0.3) is 4.96 Å². The summed E-state index contributed by atoms with van der Waals surface area (Å²) >= 11 is 1.68. The average Bonchev–Trinajstić information content (AvgIpc) is 2.97. The van der Waals surface area contributed by atoms with E-state index in [9.17, 15) is 0 Å². The molecule has 0 fully saturated rings. The van der Waals surface area contributed by atoms with Crippen molar-refractivity contribution < 1.29 is 0 Å². The van der Waals surface area contributed by atoms with Gasteiger partial charge >= 0.3 is 0 Å². The number of aromatic nitrogens is 4. The highest BCUT2D eigenvalue weighted by Crippen LogP contribution is 2.22. The second-order valence-electron chi connectivity index (χ2n) is 4.80. The molecule has 19 heavy (non-hydrogen) atoms. The van der Waals surface area contributed by atoms with Crippen LogP contribution in [0.1, 0.15) is 28.5 Å². The molecule has 0 atom stereocenters.